The predicted molar refractivity (Wildman–Crippen MR) is 99.4 cm³/mol. The lowest BCUT2D eigenvalue weighted by Crippen LogP contribution is -2.48. The summed E-state index contributed by atoms with van der Waals surface area (Å²) >= 11 is 0. The fraction of sp³-hybridized carbons (Fsp3) is 0.400. The Balaban J connectivity index is 1.67. The number of nitriles is 1. The average molecular weight is 385 g/mol. The number of benzene rings is 1. The number of hydrogen-bond acceptors (Lipinski definition) is 5. The zero-order chi connectivity index (χ0) is 20.1. The fourth-order valence-corrected chi connectivity index (χ4v) is 3.46. The Morgan fingerprint density at radius 2 is 2.18 bits per heavy atom. The molecule has 0 saturated heterocycles. The normalized spacial score (nSPS) is 16.7. The van der Waals surface area contributed by atoms with Crippen molar-refractivity contribution in [1.29, 1.82) is 5.26 Å². The number of hydrogen-bond donors (Lipinski definition) is 2. The molecule has 3 rings (SSSR count). The molecule has 2 atom stereocenters. The molecule has 8 heteroatoms. The molecule has 1 aromatic heterocycles. The Morgan fingerprint density at radius 3 is 2.86 bits per heavy atom. The van der Waals surface area contributed by atoms with E-state index < -0.39 is 17.7 Å². The average Bonchev–Trinajstić information content (AvgIpc) is 2.68. The minimum absolute atomic E-state index is 0.0817. The molecule has 0 fully saturated rings. The molecule has 0 saturated carbocycles. The van der Waals surface area contributed by atoms with Crippen LogP contribution in [0, 0.1) is 23.0 Å². The largest absolute Gasteiger partial charge is 0.308 e. The Hall–Kier alpha value is -2.92. The summed E-state index contributed by atoms with van der Waals surface area (Å²) in [7, 11) is 0. The second kappa shape index (κ2) is 8.85. The van der Waals surface area contributed by atoms with Gasteiger partial charge in [0.05, 0.1) is 18.4 Å². The maximum Gasteiger partial charge on any atom is 0.242 e. The number of halogens is 2. The third-order valence-electron chi connectivity index (χ3n) is 4.81. The van der Waals surface area contributed by atoms with Crippen molar-refractivity contribution < 1.29 is 13.6 Å². The van der Waals surface area contributed by atoms with Crippen LogP contribution in [0.4, 0.5) is 14.6 Å². The van der Waals surface area contributed by atoms with E-state index >= 15 is 0 Å². The summed E-state index contributed by atoms with van der Waals surface area (Å²) < 4.78 is 27.5. The zero-order valence-electron chi connectivity index (χ0n) is 15.5. The number of amides is 1. The summed E-state index contributed by atoms with van der Waals surface area (Å²) in [6.07, 6.45) is 5.67. The van der Waals surface area contributed by atoms with Crippen LogP contribution < -0.4 is 10.6 Å². The molecule has 1 aromatic carbocycles. The van der Waals surface area contributed by atoms with Crippen molar-refractivity contribution in [1.82, 2.24) is 15.3 Å². The second-order valence-electron chi connectivity index (χ2n) is 6.86. The predicted octanol–water partition coefficient (Wildman–Crippen LogP) is 2.88. The number of nitrogens with zero attached hydrogens (tertiary/aromatic N) is 3. The van der Waals surface area contributed by atoms with Gasteiger partial charge in [0.25, 0.3) is 0 Å². The standard InChI is InChI=1S/C20H21F2N5O/c1-2-3-18(20(28)27-19-11-24-15(9-23)10-25-19)26-14-5-4-12-6-13(21)7-17(22)16(12)8-14/h6-7,10-11,14,18,26H,2-5,8H2,1H3,(H,25,27,28). The van der Waals surface area contributed by atoms with Gasteiger partial charge in [0.15, 0.2) is 11.5 Å². The first-order valence-electron chi connectivity index (χ1n) is 9.26. The van der Waals surface area contributed by atoms with Crippen molar-refractivity contribution in [2.24, 2.45) is 0 Å². The van der Waals surface area contributed by atoms with Gasteiger partial charge < -0.3 is 10.6 Å². The molecular weight excluding hydrogens is 364 g/mol. The van der Waals surface area contributed by atoms with Crippen LogP contribution in [-0.4, -0.2) is 28.0 Å². The van der Waals surface area contributed by atoms with Crippen molar-refractivity contribution >= 4 is 11.7 Å². The van der Waals surface area contributed by atoms with Crippen LogP contribution >= 0.6 is 0 Å². The minimum Gasteiger partial charge on any atom is -0.308 e. The van der Waals surface area contributed by atoms with E-state index in [1.807, 2.05) is 13.0 Å². The van der Waals surface area contributed by atoms with Crippen molar-refractivity contribution in [3.63, 3.8) is 0 Å². The van der Waals surface area contributed by atoms with Crippen LogP contribution in [0.15, 0.2) is 24.5 Å². The molecule has 1 aliphatic carbocycles. The van der Waals surface area contributed by atoms with Crippen LogP contribution in [0.3, 0.4) is 0 Å². The first-order chi connectivity index (χ1) is 13.5. The highest BCUT2D eigenvalue weighted by Gasteiger charge is 2.27. The van der Waals surface area contributed by atoms with Crippen LogP contribution in [0.5, 0.6) is 0 Å². The number of carbonyl (C=O) groups is 1. The molecule has 1 amide bonds. The van der Waals surface area contributed by atoms with E-state index in [2.05, 4.69) is 20.6 Å². The summed E-state index contributed by atoms with van der Waals surface area (Å²) in [5, 5.41) is 14.8. The first-order valence-corrected chi connectivity index (χ1v) is 9.26. The Morgan fingerprint density at radius 1 is 1.36 bits per heavy atom. The van der Waals surface area contributed by atoms with Crippen molar-refractivity contribution in [2.45, 2.75) is 51.1 Å². The topological polar surface area (TPSA) is 90.7 Å². The molecule has 2 unspecified atom stereocenters. The van der Waals surface area contributed by atoms with E-state index in [1.54, 1.807) is 0 Å². The SMILES string of the molecule is CCCC(NC1CCc2cc(F)cc(F)c2C1)C(=O)Nc1cnc(C#N)cn1. The van der Waals surface area contributed by atoms with Crippen LogP contribution in [-0.2, 0) is 17.6 Å². The van der Waals surface area contributed by atoms with Crippen molar-refractivity contribution in [3.05, 3.63) is 53.0 Å². The number of fused-ring (bicyclic) bond motifs is 1. The number of aromatic nitrogens is 2. The van der Waals surface area contributed by atoms with E-state index in [9.17, 15) is 13.6 Å². The van der Waals surface area contributed by atoms with Crippen LogP contribution in [0.1, 0.15) is 43.0 Å². The zero-order valence-corrected chi connectivity index (χ0v) is 15.5. The van der Waals surface area contributed by atoms with Gasteiger partial charge in [-0.2, -0.15) is 5.26 Å². The van der Waals surface area contributed by atoms with E-state index in [4.69, 9.17) is 5.26 Å². The third kappa shape index (κ3) is 4.67. The van der Waals surface area contributed by atoms with Gasteiger partial charge in [0, 0.05) is 12.1 Å². The maximum absolute atomic E-state index is 14.1. The molecule has 1 heterocycles. The Bertz CT molecular complexity index is 895. The molecule has 0 aliphatic heterocycles. The lowest BCUT2D eigenvalue weighted by Gasteiger charge is -2.29. The van der Waals surface area contributed by atoms with E-state index in [0.717, 1.165) is 12.5 Å². The summed E-state index contributed by atoms with van der Waals surface area (Å²) in [6.45, 7) is 1.97. The lowest BCUT2D eigenvalue weighted by molar-refractivity contribution is -0.118. The Labute approximate surface area is 162 Å². The summed E-state index contributed by atoms with van der Waals surface area (Å²) in [4.78, 5) is 20.5. The molecule has 146 valence electrons. The highest BCUT2D eigenvalue weighted by atomic mass is 19.1. The number of rotatable bonds is 6. The van der Waals surface area contributed by atoms with Gasteiger partial charge in [0.2, 0.25) is 5.91 Å². The lowest BCUT2D eigenvalue weighted by atomic mass is 9.87. The molecule has 1 aliphatic rings. The van der Waals surface area contributed by atoms with E-state index in [-0.39, 0.29) is 23.5 Å². The molecule has 28 heavy (non-hydrogen) atoms. The molecule has 0 bridgehead atoms. The monoisotopic (exact) mass is 385 g/mol. The minimum atomic E-state index is -0.561. The molecule has 0 spiro atoms. The highest BCUT2D eigenvalue weighted by Crippen LogP contribution is 2.25. The van der Waals surface area contributed by atoms with E-state index in [1.165, 1.54) is 18.5 Å². The van der Waals surface area contributed by atoms with Gasteiger partial charge in [-0.15, -0.1) is 0 Å². The quantitative estimate of drug-likeness (QED) is 0.798. The third-order valence-corrected chi connectivity index (χ3v) is 4.81. The molecule has 6 nitrogen and oxygen atoms in total. The van der Waals surface area contributed by atoms with Crippen LogP contribution in [0.2, 0.25) is 0 Å². The summed E-state index contributed by atoms with van der Waals surface area (Å²) in [5.74, 6) is -1.09. The van der Waals surface area contributed by atoms with Gasteiger partial charge in [-0.25, -0.2) is 18.7 Å². The molecule has 0 radical (unpaired) electrons. The van der Waals surface area contributed by atoms with Gasteiger partial charge in [-0.1, -0.05) is 13.3 Å². The summed E-state index contributed by atoms with van der Waals surface area (Å²) in [5.41, 5.74) is 1.37. The molecule has 2 aromatic rings. The highest BCUT2D eigenvalue weighted by molar-refractivity contribution is 5.93. The van der Waals surface area contributed by atoms with E-state index in [0.29, 0.717) is 36.8 Å². The fourth-order valence-electron chi connectivity index (χ4n) is 3.46. The van der Waals surface area contributed by atoms with Gasteiger partial charge >= 0.3 is 0 Å². The second-order valence-corrected chi connectivity index (χ2v) is 6.86. The smallest absolute Gasteiger partial charge is 0.242 e. The van der Waals surface area contributed by atoms with Crippen LogP contribution in [0.25, 0.3) is 0 Å². The summed E-state index contributed by atoms with van der Waals surface area (Å²) in [6, 6.07) is 3.60. The number of carbonyl (C=O) groups excluding carboxylic acids is 1. The number of anilines is 1. The number of aryl methyl sites for hydroxylation is 1. The van der Waals surface area contributed by atoms with Gasteiger partial charge in [-0.3, -0.25) is 4.79 Å². The maximum atomic E-state index is 14.1. The number of nitrogens with one attached hydrogen (secondary N) is 2. The molecule has 2 N–H and O–H groups in total. The van der Waals surface area contributed by atoms with Gasteiger partial charge in [0.1, 0.15) is 17.7 Å². The Kier molecular flexibility index (Phi) is 6.26. The molecular formula is C20H21F2N5O. The first kappa shape index (κ1) is 19.8. The van der Waals surface area contributed by atoms with Crippen molar-refractivity contribution in [2.75, 3.05) is 5.32 Å². The van der Waals surface area contributed by atoms with Crippen molar-refractivity contribution in [3.8, 4) is 6.07 Å². The van der Waals surface area contributed by atoms with Gasteiger partial charge in [-0.05, 0) is 42.9 Å².